The fraction of sp³-hybridized carbons (Fsp3) is 0.538. The van der Waals surface area contributed by atoms with Crippen molar-refractivity contribution in [1.29, 1.82) is 0 Å². The van der Waals surface area contributed by atoms with E-state index in [0.717, 1.165) is 12.1 Å². The molecule has 2 atom stereocenters. The number of pyridine rings is 1. The van der Waals surface area contributed by atoms with E-state index in [0.29, 0.717) is 18.3 Å². The Morgan fingerprint density at radius 3 is 2.75 bits per heavy atom. The molecule has 3 heteroatoms. The molecule has 0 bridgehead atoms. The standard InChI is InChI=1S/C13H18N2O/c1-9(2)13(10-5-3-4-8-14-10)11-6-7-12(16)15-11/h3-5,8-9,11,13H,6-7H2,1-2H3,(H,15,16)/t11-,13+/m1/s1. The SMILES string of the molecule is CC(C)[C@@H](c1ccccn1)[C@H]1CCC(=O)N1. The van der Waals surface area contributed by atoms with Gasteiger partial charge in [-0.1, -0.05) is 19.9 Å². The number of amides is 1. The maximum Gasteiger partial charge on any atom is 0.220 e. The molecule has 86 valence electrons. The van der Waals surface area contributed by atoms with E-state index in [4.69, 9.17) is 0 Å². The maximum absolute atomic E-state index is 11.3. The smallest absolute Gasteiger partial charge is 0.220 e. The summed E-state index contributed by atoms with van der Waals surface area (Å²) in [5.74, 6) is 0.984. The molecule has 1 amide bonds. The van der Waals surface area contributed by atoms with Crippen LogP contribution in [0.1, 0.15) is 38.3 Å². The van der Waals surface area contributed by atoms with Crippen LogP contribution in [0.5, 0.6) is 0 Å². The van der Waals surface area contributed by atoms with Gasteiger partial charge in [-0.05, 0) is 24.5 Å². The molecule has 1 fully saturated rings. The Hall–Kier alpha value is -1.38. The summed E-state index contributed by atoms with van der Waals surface area (Å²) in [5.41, 5.74) is 1.09. The summed E-state index contributed by atoms with van der Waals surface area (Å²) in [6.45, 7) is 4.37. The highest BCUT2D eigenvalue weighted by Crippen LogP contribution is 2.30. The van der Waals surface area contributed by atoms with Gasteiger partial charge in [-0.2, -0.15) is 0 Å². The van der Waals surface area contributed by atoms with E-state index < -0.39 is 0 Å². The van der Waals surface area contributed by atoms with Crippen molar-refractivity contribution < 1.29 is 4.79 Å². The summed E-state index contributed by atoms with van der Waals surface area (Å²) in [6, 6.07) is 6.24. The molecule has 1 saturated heterocycles. The van der Waals surface area contributed by atoms with Gasteiger partial charge in [-0.25, -0.2) is 0 Å². The Morgan fingerprint density at radius 1 is 1.44 bits per heavy atom. The van der Waals surface area contributed by atoms with E-state index in [1.165, 1.54) is 0 Å². The molecule has 1 aliphatic rings. The number of rotatable bonds is 3. The summed E-state index contributed by atoms with van der Waals surface area (Å²) < 4.78 is 0. The predicted molar refractivity (Wildman–Crippen MR) is 63.0 cm³/mol. The molecule has 16 heavy (non-hydrogen) atoms. The van der Waals surface area contributed by atoms with Crippen LogP contribution in [0.25, 0.3) is 0 Å². The fourth-order valence-electron chi connectivity index (χ4n) is 2.49. The van der Waals surface area contributed by atoms with Crippen molar-refractivity contribution in [2.75, 3.05) is 0 Å². The largest absolute Gasteiger partial charge is 0.353 e. The highest BCUT2D eigenvalue weighted by atomic mass is 16.1. The molecule has 0 spiro atoms. The van der Waals surface area contributed by atoms with E-state index in [9.17, 15) is 4.79 Å². The van der Waals surface area contributed by atoms with Crippen molar-refractivity contribution in [3.05, 3.63) is 30.1 Å². The van der Waals surface area contributed by atoms with Gasteiger partial charge in [0.1, 0.15) is 0 Å². The van der Waals surface area contributed by atoms with E-state index >= 15 is 0 Å². The summed E-state index contributed by atoms with van der Waals surface area (Å²) in [6.07, 6.45) is 3.40. The van der Waals surface area contributed by atoms with Gasteiger partial charge in [0.15, 0.2) is 0 Å². The van der Waals surface area contributed by atoms with Gasteiger partial charge in [0, 0.05) is 30.3 Å². The van der Waals surface area contributed by atoms with Gasteiger partial charge in [0.05, 0.1) is 0 Å². The van der Waals surface area contributed by atoms with Gasteiger partial charge in [0.25, 0.3) is 0 Å². The lowest BCUT2D eigenvalue weighted by Gasteiger charge is -2.26. The number of hydrogen-bond acceptors (Lipinski definition) is 2. The predicted octanol–water partition coefficient (Wildman–Crippen LogP) is 2.10. The lowest BCUT2D eigenvalue weighted by atomic mass is 9.84. The van der Waals surface area contributed by atoms with Crippen molar-refractivity contribution >= 4 is 5.91 Å². The molecule has 0 saturated carbocycles. The molecule has 3 nitrogen and oxygen atoms in total. The van der Waals surface area contributed by atoms with Gasteiger partial charge >= 0.3 is 0 Å². The molecular weight excluding hydrogens is 200 g/mol. The molecule has 0 unspecified atom stereocenters. The Morgan fingerprint density at radius 2 is 2.25 bits per heavy atom. The second kappa shape index (κ2) is 4.64. The number of nitrogens with zero attached hydrogens (tertiary/aromatic N) is 1. The summed E-state index contributed by atoms with van der Waals surface area (Å²) in [4.78, 5) is 15.7. The zero-order valence-electron chi connectivity index (χ0n) is 9.81. The van der Waals surface area contributed by atoms with Crippen LogP contribution < -0.4 is 5.32 Å². The van der Waals surface area contributed by atoms with Gasteiger partial charge in [-0.3, -0.25) is 9.78 Å². The van der Waals surface area contributed by atoms with E-state index in [-0.39, 0.29) is 11.9 Å². The first-order valence-electron chi connectivity index (χ1n) is 5.89. The molecular formula is C13H18N2O. The number of carbonyl (C=O) groups excluding carboxylic acids is 1. The number of nitrogens with one attached hydrogen (secondary N) is 1. The van der Waals surface area contributed by atoms with Gasteiger partial charge in [-0.15, -0.1) is 0 Å². The van der Waals surface area contributed by atoms with Gasteiger partial charge < -0.3 is 5.32 Å². The highest BCUT2D eigenvalue weighted by molar-refractivity contribution is 5.78. The van der Waals surface area contributed by atoms with Crippen LogP contribution in [-0.2, 0) is 4.79 Å². The van der Waals surface area contributed by atoms with Crippen molar-refractivity contribution in [2.24, 2.45) is 5.92 Å². The minimum absolute atomic E-state index is 0.173. The molecule has 0 aliphatic carbocycles. The molecule has 0 radical (unpaired) electrons. The van der Waals surface area contributed by atoms with Crippen LogP contribution in [0, 0.1) is 5.92 Å². The van der Waals surface area contributed by atoms with Crippen molar-refractivity contribution in [3.63, 3.8) is 0 Å². The third-order valence-electron chi connectivity index (χ3n) is 3.21. The molecule has 1 aromatic rings. The Balaban J connectivity index is 2.21. The Kier molecular flexibility index (Phi) is 3.22. The van der Waals surface area contributed by atoms with Crippen LogP contribution in [0.4, 0.5) is 0 Å². The van der Waals surface area contributed by atoms with Crippen LogP contribution in [0.3, 0.4) is 0 Å². The number of hydrogen-bond donors (Lipinski definition) is 1. The summed E-state index contributed by atoms with van der Waals surface area (Å²) in [7, 11) is 0. The molecule has 2 rings (SSSR count). The quantitative estimate of drug-likeness (QED) is 0.844. The number of aromatic nitrogens is 1. The highest BCUT2D eigenvalue weighted by Gasteiger charge is 2.32. The maximum atomic E-state index is 11.3. The Bertz CT molecular complexity index is 361. The average Bonchev–Trinajstić information content (AvgIpc) is 2.66. The summed E-state index contributed by atoms with van der Waals surface area (Å²) >= 11 is 0. The molecule has 2 heterocycles. The first-order chi connectivity index (χ1) is 7.68. The second-order valence-corrected chi connectivity index (χ2v) is 4.74. The van der Waals surface area contributed by atoms with Crippen LogP contribution >= 0.6 is 0 Å². The average molecular weight is 218 g/mol. The summed E-state index contributed by atoms with van der Waals surface area (Å²) in [5, 5.41) is 3.05. The molecule has 0 aromatic carbocycles. The van der Waals surface area contributed by atoms with Crippen molar-refractivity contribution in [2.45, 2.75) is 38.6 Å². The van der Waals surface area contributed by atoms with Crippen molar-refractivity contribution in [3.8, 4) is 0 Å². The molecule has 1 N–H and O–H groups in total. The molecule has 1 aliphatic heterocycles. The monoisotopic (exact) mass is 218 g/mol. The van der Waals surface area contributed by atoms with E-state index in [2.05, 4.69) is 30.2 Å². The van der Waals surface area contributed by atoms with Crippen LogP contribution in [0.2, 0.25) is 0 Å². The minimum Gasteiger partial charge on any atom is -0.353 e. The first-order valence-corrected chi connectivity index (χ1v) is 5.89. The van der Waals surface area contributed by atoms with Crippen LogP contribution in [0.15, 0.2) is 24.4 Å². The lowest BCUT2D eigenvalue weighted by Crippen LogP contribution is -2.34. The van der Waals surface area contributed by atoms with Gasteiger partial charge in [0.2, 0.25) is 5.91 Å². The minimum atomic E-state index is 0.173. The second-order valence-electron chi connectivity index (χ2n) is 4.74. The normalized spacial score (nSPS) is 22.2. The van der Waals surface area contributed by atoms with Crippen LogP contribution in [-0.4, -0.2) is 16.9 Å². The topological polar surface area (TPSA) is 42.0 Å². The first kappa shape index (κ1) is 11.1. The lowest BCUT2D eigenvalue weighted by molar-refractivity contribution is -0.119. The molecule has 1 aromatic heterocycles. The number of carbonyl (C=O) groups is 1. The van der Waals surface area contributed by atoms with E-state index in [1.807, 2.05) is 18.3 Å². The fourth-order valence-corrected chi connectivity index (χ4v) is 2.49. The van der Waals surface area contributed by atoms with Crippen molar-refractivity contribution in [1.82, 2.24) is 10.3 Å². The Labute approximate surface area is 96.3 Å². The third-order valence-corrected chi connectivity index (χ3v) is 3.21. The zero-order valence-corrected chi connectivity index (χ0v) is 9.81. The van der Waals surface area contributed by atoms with E-state index in [1.54, 1.807) is 0 Å². The zero-order chi connectivity index (χ0) is 11.5. The third kappa shape index (κ3) is 2.23.